The quantitative estimate of drug-likeness (QED) is 0.552. The van der Waals surface area contributed by atoms with Crippen LogP contribution in [-0.4, -0.2) is 24.0 Å². The first kappa shape index (κ1) is 17.4. The predicted molar refractivity (Wildman–Crippen MR) is 56.0 cm³/mol. The summed E-state index contributed by atoms with van der Waals surface area (Å²) in [4.78, 5) is 23.4. The number of hydrogen-bond donors (Lipinski definition) is 0. The summed E-state index contributed by atoms with van der Waals surface area (Å²) in [5.74, 6) is -0.110. The van der Waals surface area contributed by atoms with E-state index in [2.05, 4.69) is 6.92 Å². The van der Waals surface area contributed by atoms with Gasteiger partial charge < -0.3 is 14.5 Å². The average molecular weight is 284 g/mol. The Morgan fingerprint density at radius 2 is 1.93 bits per heavy atom. The number of allylic oxidation sites excluding steroid dienone is 2. The van der Waals surface area contributed by atoms with E-state index in [9.17, 15) is 9.59 Å². The zero-order valence-electron chi connectivity index (χ0n) is 9.83. The fraction of sp³-hybridized carbons (Fsp3) is 0.545. The second kappa shape index (κ2) is 9.23. The van der Waals surface area contributed by atoms with Crippen LogP contribution in [0.15, 0.2) is 11.3 Å². The van der Waals surface area contributed by atoms with Crippen LogP contribution in [0.25, 0.3) is 0 Å². The molecule has 0 spiro atoms. The molecule has 0 N–H and O–H groups in total. The Kier molecular flexibility index (Phi) is 10.7. The van der Waals surface area contributed by atoms with E-state index in [-0.39, 0.29) is 38.5 Å². The minimum atomic E-state index is -0.110. The van der Waals surface area contributed by atoms with Crippen molar-refractivity contribution in [3.8, 4) is 0 Å². The second-order valence-corrected chi connectivity index (χ2v) is 3.21. The van der Waals surface area contributed by atoms with Crippen molar-refractivity contribution in [2.45, 2.75) is 33.6 Å². The number of likely N-dealkylation sites (N-methyl/N-ethyl adjacent to an activating group) is 1. The summed E-state index contributed by atoms with van der Waals surface area (Å²) in [5, 5.41) is 0. The first-order valence-electron chi connectivity index (χ1n) is 4.70. The molecule has 0 atom stereocenters. The molecule has 0 aromatic heterocycles. The Morgan fingerprint density at radius 1 is 1.40 bits per heavy atom. The maximum atomic E-state index is 11.3. The fourth-order valence-corrected chi connectivity index (χ4v) is 1.24. The fourth-order valence-electron chi connectivity index (χ4n) is 1.24. The van der Waals surface area contributed by atoms with Gasteiger partial charge in [0, 0.05) is 32.7 Å². The number of Topliss-reactive ketones (excluding diaryl/α,β-unsaturated/α-hetero) is 1. The van der Waals surface area contributed by atoms with Crippen molar-refractivity contribution in [2.75, 3.05) is 7.05 Å². The molecule has 0 aromatic carbocycles. The Labute approximate surface area is 117 Å². The van der Waals surface area contributed by atoms with Gasteiger partial charge in [0.05, 0.1) is 5.78 Å². The van der Waals surface area contributed by atoms with Gasteiger partial charge in [0.2, 0.25) is 0 Å². The van der Waals surface area contributed by atoms with Gasteiger partial charge in [-0.2, -0.15) is 12.0 Å². The van der Waals surface area contributed by atoms with Gasteiger partial charge >= 0.3 is 0 Å². The van der Waals surface area contributed by atoms with Crippen molar-refractivity contribution in [2.24, 2.45) is 0 Å². The van der Waals surface area contributed by atoms with Crippen LogP contribution in [0.3, 0.4) is 0 Å². The molecule has 0 fully saturated rings. The van der Waals surface area contributed by atoms with Gasteiger partial charge in [-0.15, -0.1) is 0 Å². The number of ketones is 1. The second-order valence-electron chi connectivity index (χ2n) is 3.21. The van der Waals surface area contributed by atoms with Crippen molar-refractivity contribution in [3.05, 3.63) is 17.8 Å². The van der Waals surface area contributed by atoms with Crippen molar-refractivity contribution < 1.29 is 42.3 Å². The molecule has 15 heavy (non-hydrogen) atoms. The standard InChI is InChI=1S/C11H17NO2.Y/c1-5-6-7-12(4)11(10(3)14)9(2)8-13;/h7H,5-6H2,1-4H3;/q-2;/b11-9-;. The minimum absolute atomic E-state index is 0. The summed E-state index contributed by atoms with van der Waals surface area (Å²) in [6, 6.07) is 0. The number of hydrogen-bond acceptors (Lipinski definition) is 3. The van der Waals surface area contributed by atoms with Gasteiger partial charge in [-0.05, 0) is 20.3 Å². The third-order valence-corrected chi connectivity index (χ3v) is 1.89. The van der Waals surface area contributed by atoms with Crippen molar-refractivity contribution in [1.82, 2.24) is 4.90 Å². The Balaban J connectivity index is 0. The summed E-state index contributed by atoms with van der Waals surface area (Å²) in [6.07, 6.45) is 3.65. The molecule has 0 aliphatic heterocycles. The van der Waals surface area contributed by atoms with E-state index in [1.54, 1.807) is 25.2 Å². The molecule has 0 bridgehead atoms. The summed E-state index contributed by atoms with van der Waals surface area (Å²) in [7, 11) is 1.77. The molecule has 0 saturated heterocycles. The SMILES string of the molecule is CCC[CH-]N(C)/C(C(C)=O)=C(/C)[C-]=O.[Y]. The van der Waals surface area contributed by atoms with Gasteiger partial charge in [-0.25, -0.2) is 0 Å². The number of carbonyl (C=O) groups is 1. The molecule has 3 nitrogen and oxygen atoms in total. The molecule has 0 rings (SSSR count). The van der Waals surface area contributed by atoms with Gasteiger partial charge in [0.25, 0.3) is 0 Å². The summed E-state index contributed by atoms with van der Waals surface area (Å²) in [6.45, 7) is 7.00. The molecule has 83 valence electrons. The minimum Gasteiger partial charge on any atom is -0.600 e. The van der Waals surface area contributed by atoms with Crippen LogP contribution in [0.1, 0.15) is 33.6 Å². The summed E-state index contributed by atoms with van der Waals surface area (Å²) in [5.41, 5.74) is 0.779. The Morgan fingerprint density at radius 3 is 2.27 bits per heavy atom. The van der Waals surface area contributed by atoms with Crippen molar-refractivity contribution in [1.29, 1.82) is 0 Å². The number of rotatable bonds is 6. The topological polar surface area (TPSA) is 37.4 Å². The van der Waals surface area contributed by atoms with Gasteiger partial charge in [0.15, 0.2) is 0 Å². The molecular formula is C11H17NO2Y-2. The van der Waals surface area contributed by atoms with Gasteiger partial charge in [-0.1, -0.05) is 26.0 Å². The average Bonchev–Trinajstić information content (AvgIpc) is 2.14. The van der Waals surface area contributed by atoms with Crippen LogP contribution in [0.2, 0.25) is 0 Å². The zero-order valence-corrected chi connectivity index (χ0v) is 12.7. The third kappa shape index (κ3) is 6.21. The Hall–Kier alpha value is -0.0161. The van der Waals surface area contributed by atoms with E-state index in [0.29, 0.717) is 11.3 Å². The maximum Gasteiger partial charge on any atom is 0.0930 e. The summed E-state index contributed by atoms with van der Waals surface area (Å²) >= 11 is 0. The molecule has 0 amide bonds. The van der Waals surface area contributed by atoms with Gasteiger partial charge in [0.1, 0.15) is 0 Å². The molecule has 0 aromatic rings. The number of unbranched alkanes of at least 4 members (excludes halogenated alkanes) is 1. The molecular weight excluding hydrogens is 267 g/mol. The van der Waals surface area contributed by atoms with E-state index >= 15 is 0 Å². The van der Waals surface area contributed by atoms with E-state index < -0.39 is 0 Å². The molecule has 4 heteroatoms. The Bertz CT molecular complexity index is 249. The molecule has 0 aliphatic rings. The van der Waals surface area contributed by atoms with Crippen LogP contribution in [0.5, 0.6) is 0 Å². The molecule has 1 radical (unpaired) electrons. The first-order valence-corrected chi connectivity index (χ1v) is 4.70. The zero-order chi connectivity index (χ0) is 11.1. The van der Waals surface area contributed by atoms with E-state index in [0.717, 1.165) is 12.8 Å². The molecule has 0 heterocycles. The number of nitrogens with zero attached hydrogens (tertiary/aromatic N) is 1. The van der Waals surface area contributed by atoms with E-state index in [1.807, 2.05) is 6.54 Å². The smallest absolute Gasteiger partial charge is 0.0930 e. The van der Waals surface area contributed by atoms with E-state index in [1.165, 1.54) is 6.92 Å². The summed E-state index contributed by atoms with van der Waals surface area (Å²) < 4.78 is 0. The van der Waals surface area contributed by atoms with Crippen molar-refractivity contribution in [3.63, 3.8) is 0 Å². The van der Waals surface area contributed by atoms with E-state index in [4.69, 9.17) is 0 Å². The molecule has 0 aliphatic carbocycles. The van der Waals surface area contributed by atoms with Crippen LogP contribution < -0.4 is 0 Å². The molecule has 0 saturated carbocycles. The first-order chi connectivity index (χ1) is 6.54. The maximum absolute atomic E-state index is 11.3. The monoisotopic (exact) mass is 284 g/mol. The predicted octanol–water partition coefficient (Wildman–Crippen LogP) is 1.85. The largest absolute Gasteiger partial charge is 0.600 e. The normalized spacial score (nSPS) is 11.2. The van der Waals surface area contributed by atoms with Crippen molar-refractivity contribution >= 4 is 12.1 Å². The van der Waals surface area contributed by atoms with Crippen LogP contribution >= 0.6 is 0 Å². The van der Waals surface area contributed by atoms with Crippen LogP contribution in [0, 0.1) is 6.54 Å². The van der Waals surface area contributed by atoms with Gasteiger partial charge in [-0.3, -0.25) is 6.54 Å². The third-order valence-electron chi connectivity index (χ3n) is 1.89. The van der Waals surface area contributed by atoms with Crippen LogP contribution in [-0.2, 0) is 42.3 Å². The van der Waals surface area contributed by atoms with Crippen LogP contribution in [0.4, 0.5) is 0 Å². The molecule has 0 unspecified atom stereocenters. The number of carbonyl (C=O) groups excluding carboxylic acids is 2.